The molecule has 0 heterocycles. The lowest BCUT2D eigenvalue weighted by molar-refractivity contribution is -0.149. The Bertz CT molecular complexity index is 245. The maximum Gasteiger partial charge on any atom is 0.306 e. The Labute approximate surface area is 135 Å². The van der Waals surface area contributed by atoms with Gasteiger partial charge < -0.3 is 18.9 Å². The molecule has 0 fully saturated rings. The number of unbranched alkanes of at least 4 members (excludes halogenated alkanes) is 2. The second-order valence-corrected chi connectivity index (χ2v) is 5.32. The number of carbonyl (C=O) groups excluding carboxylic acids is 1. The first kappa shape index (κ1) is 21.4. The molecule has 0 radical (unpaired) electrons. The van der Waals surface area contributed by atoms with Crippen molar-refractivity contribution in [2.75, 3.05) is 39.6 Å². The predicted octanol–water partition coefficient (Wildman–Crippen LogP) is 3.35. The molecule has 0 N–H and O–H groups in total. The van der Waals surface area contributed by atoms with Crippen molar-refractivity contribution < 1.29 is 23.7 Å². The Morgan fingerprint density at radius 3 is 2.14 bits per heavy atom. The Balaban J connectivity index is 3.27. The van der Waals surface area contributed by atoms with Gasteiger partial charge in [-0.3, -0.25) is 4.79 Å². The highest BCUT2D eigenvalue weighted by Crippen LogP contribution is 2.07. The van der Waals surface area contributed by atoms with Crippen LogP contribution in [0.4, 0.5) is 0 Å². The van der Waals surface area contributed by atoms with Crippen LogP contribution in [0.1, 0.15) is 59.3 Å². The van der Waals surface area contributed by atoms with Crippen LogP contribution in [0, 0.1) is 0 Å². The summed E-state index contributed by atoms with van der Waals surface area (Å²) in [6.07, 6.45) is 5.60. The molecule has 132 valence electrons. The molecule has 1 atom stereocenters. The molecule has 0 aromatic carbocycles. The fourth-order valence-electron chi connectivity index (χ4n) is 1.93. The first-order valence-electron chi connectivity index (χ1n) is 8.63. The van der Waals surface area contributed by atoms with Gasteiger partial charge in [0.1, 0.15) is 0 Å². The van der Waals surface area contributed by atoms with Crippen molar-refractivity contribution in [1.82, 2.24) is 0 Å². The molecule has 0 saturated heterocycles. The Morgan fingerprint density at radius 2 is 1.50 bits per heavy atom. The standard InChI is InChI=1S/C17H34O5/c1-4-6-7-9-16(3)22-17(18)10-8-11-20-14-15-21-13-12-19-5-2/h16H,4-15H2,1-3H3. The van der Waals surface area contributed by atoms with Crippen LogP contribution >= 0.6 is 0 Å². The van der Waals surface area contributed by atoms with Crippen LogP contribution in [-0.4, -0.2) is 51.7 Å². The van der Waals surface area contributed by atoms with E-state index in [9.17, 15) is 4.79 Å². The minimum atomic E-state index is -0.124. The molecular weight excluding hydrogens is 284 g/mol. The number of hydrogen-bond donors (Lipinski definition) is 0. The van der Waals surface area contributed by atoms with E-state index in [0.29, 0.717) is 52.5 Å². The molecule has 22 heavy (non-hydrogen) atoms. The highest BCUT2D eigenvalue weighted by molar-refractivity contribution is 5.69. The highest BCUT2D eigenvalue weighted by atomic mass is 16.5. The zero-order valence-corrected chi connectivity index (χ0v) is 14.6. The number of carbonyl (C=O) groups is 1. The van der Waals surface area contributed by atoms with Gasteiger partial charge in [-0.05, 0) is 33.1 Å². The Morgan fingerprint density at radius 1 is 0.864 bits per heavy atom. The first-order valence-corrected chi connectivity index (χ1v) is 8.63. The van der Waals surface area contributed by atoms with Crippen molar-refractivity contribution in [3.63, 3.8) is 0 Å². The van der Waals surface area contributed by atoms with Crippen LogP contribution in [-0.2, 0) is 23.7 Å². The third-order valence-corrected chi connectivity index (χ3v) is 3.16. The van der Waals surface area contributed by atoms with Gasteiger partial charge in [-0.1, -0.05) is 19.8 Å². The monoisotopic (exact) mass is 318 g/mol. The van der Waals surface area contributed by atoms with Crippen molar-refractivity contribution in [1.29, 1.82) is 0 Å². The van der Waals surface area contributed by atoms with Crippen LogP contribution in [0.25, 0.3) is 0 Å². The quantitative estimate of drug-likeness (QED) is 0.323. The van der Waals surface area contributed by atoms with Crippen LogP contribution in [0.2, 0.25) is 0 Å². The van der Waals surface area contributed by atoms with E-state index in [1.54, 1.807) is 0 Å². The normalized spacial score (nSPS) is 12.3. The molecule has 0 spiro atoms. The fourth-order valence-corrected chi connectivity index (χ4v) is 1.93. The molecule has 0 rings (SSSR count). The van der Waals surface area contributed by atoms with Crippen molar-refractivity contribution in [2.45, 2.75) is 65.4 Å². The van der Waals surface area contributed by atoms with Crippen LogP contribution in [0.3, 0.4) is 0 Å². The molecule has 5 nitrogen and oxygen atoms in total. The molecular formula is C17H34O5. The second-order valence-electron chi connectivity index (χ2n) is 5.32. The summed E-state index contributed by atoms with van der Waals surface area (Å²) in [6.45, 7) is 9.70. The average Bonchev–Trinajstić information content (AvgIpc) is 2.49. The van der Waals surface area contributed by atoms with Gasteiger partial charge >= 0.3 is 5.97 Å². The topological polar surface area (TPSA) is 54.0 Å². The van der Waals surface area contributed by atoms with Gasteiger partial charge in [0, 0.05) is 19.6 Å². The van der Waals surface area contributed by atoms with Gasteiger partial charge in [-0.15, -0.1) is 0 Å². The minimum absolute atomic E-state index is 0.0266. The molecule has 1 unspecified atom stereocenters. The summed E-state index contributed by atoms with van der Waals surface area (Å²) in [5.41, 5.74) is 0. The summed E-state index contributed by atoms with van der Waals surface area (Å²) in [7, 11) is 0. The summed E-state index contributed by atoms with van der Waals surface area (Å²) in [4.78, 5) is 11.6. The zero-order chi connectivity index (χ0) is 16.5. The number of ether oxygens (including phenoxy) is 4. The number of esters is 1. The summed E-state index contributed by atoms with van der Waals surface area (Å²) in [5.74, 6) is -0.124. The Kier molecular flexibility index (Phi) is 16.2. The third-order valence-electron chi connectivity index (χ3n) is 3.16. The van der Waals surface area contributed by atoms with Gasteiger partial charge in [0.05, 0.1) is 32.5 Å². The van der Waals surface area contributed by atoms with E-state index in [1.807, 2.05) is 13.8 Å². The van der Waals surface area contributed by atoms with E-state index in [2.05, 4.69) is 6.92 Å². The smallest absolute Gasteiger partial charge is 0.306 e. The van der Waals surface area contributed by atoms with E-state index in [0.717, 1.165) is 12.8 Å². The van der Waals surface area contributed by atoms with E-state index in [-0.39, 0.29) is 12.1 Å². The lowest BCUT2D eigenvalue weighted by atomic mass is 10.1. The lowest BCUT2D eigenvalue weighted by Gasteiger charge is -2.13. The van der Waals surface area contributed by atoms with Crippen LogP contribution < -0.4 is 0 Å². The zero-order valence-electron chi connectivity index (χ0n) is 14.6. The van der Waals surface area contributed by atoms with E-state index in [4.69, 9.17) is 18.9 Å². The van der Waals surface area contributed by atoms with Crippen LogP contribution in [0.15, 0.2) is 0 Å². The average molecular weight is 318 g/mol. The second kappa shape index (κ2) is 16.7. The molecule has 0 amide bonds. The fraction of sp³-hybridized carbons (Fsp3) is 0.941. The van der Waals surface area contributed by atoms with Gasteiger partial charge in [0.15, 0.2) is 0 Å². The maximum absolute atomic E-state index is 11.6. The van der Waals surface area contributed by atoms with Crippen molar-refractivity contribution >= 4 is 5.97 Å². The third kappa shape index (κ3) is 15.7. The van der Waals surface area contributed by atoms with Crippen molar-refractivity contribution in [2.24, 2.45) is 0 Å². The molecule has 5 heteroatoms. The molecule has 0 aromatic rings. The van der Waals surface area contributed by atoms with Crippen molar-refractivity contribution in [3.05, 3.63) is 0 Å². The lowest BCUT2D eigenvalue weighted by Crippen LogP contribution is -2.15. The predicted molar refractivity (Wildman–Crippen MR) is 87.1 cm³/mol. The van der Waals surface area contributed by atoms with Gasteiger partial charge in [0.25, 0.3) is 0 Å². The maximum atomic E-state index is 11.6. The largest absolute Gasteiger partial charge is 0.463 e. The van der Waals surface area contributed by atoms with Gasteiger partial charge in [-0.2, -0.15) is 0 Å². The van der Waals surface area contributed by atoms with Gasteiger partial charge in [0.2, 0.25) is 0 Å². The van der Waals surface area contributed by atoms with E-state index < -0.39 is 0 Å². The van der Waals surface area contributed by atoms with Gasteiger partial charge in [-0.25, -0.2) is 0 Å². The SMILES string of the molecule is CCCCCC(C)OC(=O)CCCOCCOCCOCC. The highest BCUT2D eigenvalue weighted by Gasteiger charge is 2.08. The van der Waals surface area contributed by atoms with Crippen LogP contribution in [0.5, 0.6) is 0 Å². The molecule has 0 bridgehead atoms. The number of rotatable bonds is 16. The molecule has 0 saturated carbocycles. The first-order chi connectivity index (χ1) is 10.7. The molecule has 0 aliphatic heterocycles. The molecule has 0 aromatic heterocycles. The summed E-state index contributed by atoms with van der Waals surface area (Å²) >= 11 is 0. The van der Waals surface area contributed by atoms with Crippen molar-refractivity contribution in [3.8, 4) is 0 Å². The summed E-state index contributed by atoms with van der Waals surface area (Å²) in [6, 6.07) is 0. The number of hydrogen-bond acceptors (Lipinski definition) is 5. The van der Waals surface area contributed by atoms with E-state index in [1.165, 1.54) is 12.8 Å². The molecule has 0 aliphatic carbocycles. The molecule has 0 aliphatic rings. The summed E-state index contributed by atoms with van der Waals surface area (Å²) < 4.78 is 21.2. The minimum Gasteiger partial charge on any atom is -0.463 e. The Hall–Kier alpha value is -0.650. The van der Waals surface area contributed by atoms with E-state index >= 15 is 0 Å². The summed E-state index contributed by atoms with van der Waals surface area (Å²) in [5, 5.41) is 0.